The van der Waals surface area contributed by atoms with Gasteiger partial charge in [-0.05, 0) is 26.7 Å². The minimum absolute atomic E-state index is 0.0725. The van der Waals surface area contributed by atoms with Crippen molar-refractivity contribution in [3.63, 3.8) is 0 Å². The first-order valence-corrected chi connectivity index (χ1v) is 7.18. The largest absolute Gasteiger partial charge is 0.481 e. The molecule has 1 saturated carbocycles. The molecular weight excluding hydrogens is 272 g/mol. The van der Waals surface area contributed by atoms with Crippen LogP contribution in [0.2, 0.25) is 0 Å². The Kier molecular flexibility index (Phi) is 4.50. The highest BCUT2D eigenvalue weighted by molar-refractivity contribution is 5.79. The molecule has 1 aliphatic carbocycles. The van der Waals surface area contributed by atoms with E-state index < -0.39 is 11.4 Å². The van der Waals surface area contributed by atoms with Gasteiger partial charge in [0.05, 0.1) is 11.7 Å². The summed E-state index contributed by atoms with van der Waals surface area (Å²) >= 11 is 0. The molecule has 7 heteroatoms. The Hall–Kier alpha value is -2.05. The molecule has 2 amide bonds. The Morgan fingerprint density at radius 3 is 2.95 bits per heavy atom. The highest BCUT2D eigenvalue weighted by Crippen LogP contribution is 2.38. The van der Waals surface area contributed by atoms with Crippen molar-refractivity contribution >= 4 is 12.0 Å². The molecule has 2 rings (SSSR count). The van der Waals surface area contributed by atoms with E-state index in [1.165, 1.54) is 0 Å². The molecule has 3 N–H and O–H groups in total. The number of imidazole rings is 1. The molecule has 0 bridgehead atoms. The maximum atomic E-state index is 12.0. The SMILES string of the molecule is CC(Cn1ccnc1)NC(=O)NC1CCCC1(C)C(=O)O. The van der Waals surface area contributed by atoms with Crippen molar-refractivity contribution in [2.24, 2.45) is 5.41 Å². The van der Waals surface area contributed by atoms with Gasteiger partial charge in [-0.25, -0.2) is 9.78 Å². The molecule has 1 aromatic rings. The maximum Gasteiger partial charge on any atom is 0.315 e. The van der Waals surface area contributed by atoms with Gasteiger partial charge in [0.1, 0.15) is 0 Å². The summed E-state index contributed by atoms with van der Waals surface area (Å²) in [5.41, 5.74) is -0.870. The molecule has 3 atom stereocenters. The third kappa shape index (κ3) is 3.53. The van der Waals surface area contributed by atoms with Crippen LogP contribution in [-0.2, 0) is 11.3 Å². The smallest absolute Gasteiger partial charge is 0.315 e. The summed E-state index contributed by atoms with van der Waals surface area (Å²) in [6.45, 7) is 4.21. The van der Waals surface area contributed by atoms with Crippen LogP contribution in [0.5, 0.6) is 0 Å². The fourth-order valence-electron chi connectivity index (χ4n) is 2.83. The van der Waals surface area contributed by atoms with Gasteiger partial charge >= 0.3 is 12.0 Å². The van der Waals surface area contributed by atoms with E-state index in [0.717, 1.165) is 6.42 Å². The minimum atomic E-state index is -0.870. The van der Waals surface area contributed by atoms with E-state index in [-0.39, 0.29) is 18.1 Å². The standard InChI is InChI=1S/C14H22N4O3/c1-10(8-18-7-6-15-9-18)16-13(21)17-11-4-3-5-14(11,2)12(19)20/h6-7,9-11H,3-5,8H2,1-2H3,(H,19,20)(H2,16,17,21). The summed E-state index contributed by atoms with van der Waals surface area (Å²) < 4.78 is 1.88. The van der Waals surface area contributed by atoms with E-state index in [1.807, 2.05) is 17.7 Å². The summed E-state index contributed by atoms with van der Waals surface area (Å²) in [6.07, 6.45) is 7.31. The molecule has 1 aromatic heterocycles. The molecular formula is C14H22N4O3. The van der Waals surface area contributed by atoms with Crippen LogP contribution in [-0.4, -0.2) is 38.7 Å². The highest BCUT2D eigenvalue weighted by atomic mass is 16.4. The van der Waals surface area contributed by atoms with E-state index in [4.69, 9.17) is 0 Å². The van der Waals surface area contributed by atoms with Gasteiger partial charge in [0.15, 0.2) is 0 Å². The van der Waals surface area contributed by atoms with E-state index in [1.54, 1.807) is 19.4 Å². The molecule has 3 unspecified atom stereocenters. The second kappa shape index (κ2) is 6.15. The van der Waals surface area contributed by atoms with Crippen LogP contribution in [0.25, 0.3) is 0 Å². The molecule has 0 aromatic carbocycles. The number of aromatic nitrogens is 2. The number of carboxylic acid groups (broad SMARTS) is 1. The predicted molar refractivity (Wildman–Crippen MR) is 76.7 cm³/mol. The lowest BCUT2D eigenvalue weighted by atomic mass is 9.85. The molecule has 1 fully saturated rings. The lowest BCUT2D eigenvalue weighted by Gasteiger charge is -2.28. The molecule has 0 aliphatic heterocycles. The first-order chi connectivity index (χ1) is 9.91. The van der Waals surface area contributed by atoms with Gasteiger partial charge in [0.2, 0.25) is 0 Å². The summed E-state index contributed by atoms with van der Waals surface area (Å²) in [4.78, 5) is 27.3. The van der Waals surface area contributed by atoms with Gasteiger partial charge in [-0.2, -0.15) is 0 Å². The fourth-order valence-corrected chi connectivity index (χ4v) is 2.83. The molecule has 0 saturated heterocycles. The van der Waals surface area contributed by atoms with Crippen molar-refractivity contribution in [3.05, 3.63) is 18.7 Å². The van der Waals surface area contributed by atoms with Gasteiger partial charge in [-0.1, -0.05) is 6.42 Å². The van der Waals surface area contributed by atoms with Crippen molar-refractivity contribution < 1.29 is 14.7 Å². The Balaban J connectivity index is 1.85. The monoisotopic (exact) mass is 294 g/mol. The summed E-state index contributed by atoms with van der Waals surface area (Å²) in [7, 11) is 0. The van der Waals surface area contributed by atoms with E-state index in [2.05, 4.69) is 15.6 Å². The first-order valence-electron chi connectivity index (χ1n) is 7.18. The van der Waals surface area contributed by atoms with E-state index in [0.29, 0.717) is 19.4 Å². The number of carbonyl (C=O) groups excluding carboxylic acids is 1. The van der Waals surface area contributed by atoms with Crippen LogP contribution in [0.4, 0.5) is 4.79 Å². The van der Waals surface area contributed by atoms with Crippen LogP contribution < -0.4 is 10.6 Å². The van der Waals surface area contributed by atoms with Crippen molar-refractivity contribution in [1.29, 1.82) is 0 Å². The van der Waals surface area contributed by atoms with Crippen molar-refractivity contribution in [2.45, 2.75) is 51.7 Å². The summed E-state index contributed by atoms with van der Waals surface area (Å²) in [5.74, 6) is -0.850. The van der Waals surface area contributed by atoms with Crippen LogP contribution in [0.3, 0.4) is 0 Å². The van der Waals surface area contributed by atoms with E-state index >= 15 is 0 Å². The number of rotatable bonds is 5. The first kappa shape index (κ1) is 15.3. The van der Waals surface area contributed by atoms with Crippen LogP contribution in [0, 0.1) is 5.41 Å². The highest BCUT2D eigenvalue weighted by Gasteiger charge is 2.45. The molecule has 116 valence electrons. The van der Waals surface area contributed by atoms with Gasteiger partial charge in [-0.3, -0.25) is 4.79 Å². The molecule has 0 radical (unpaired) electrons. The molecule has 7 nitrogen and oxygen atoms in total. The van der Waals surface area contributed by atoms with Crippen molar-refractivity contribution in [1.82, 2.24) is 20.2 Å². The second-order valence-electron chi connectivity index (χ2n) is 5.95. The zero-order chi connectivity index (χ0) is 15.5. The van der Waals surface area contributed by atoms with Gasteiger partial charge in [0.25, 0.3) is 0 Å². The second-order valence-corrected chi connectivity index (χ2v) is 5.95. The number of hydrogen-bond acceptors (Lipinski definition) is 3. The van der Waals surface area contributed by atoms with Gasteiger partial charge in [0, 0.05) is 31.0 Å². The lowest BCUT2D eigenvalue weighted by molar-refractivity contribution is -0.148. The summed E-state index contributed by atoms with van der Waals surface area (Å²) in [6, 6.07) is -0.714. The van der Waals surface area contributed by atoms with Crippen molar-refractivity contribution in [3.8, 4) is 0 Å². The van der Waals surface area contributed by atoms with Gasteiger partial charge < -0.3 is 20.3 Å². The van der Waals surface area contributed by atoms with Crippen LogP contribution in [0.15, 0.2) is 18.7 Å². The maximum absolute atomic E-state index is 12.0. The zero-order valence-corrected chi connectivity index (χ0v) is 12.4. The quantitative estimate of drug-likeness (QED) is 0.760. The number of nitrogens with one attached hydrogen (secondary N) is 2. The third-order valence-electron chi connectivity index (χ3n) is 4.17. The Labute approximate surface area is 123 Å². The third-order valence-corrected chi connectivity index (χ3v) is 4.17. The Bertz CT molecular complexity index is 502. The summed E-state index contributed by atoms with van der Waals surface area (Å²) in [5, 5.41) is 15.0. The number of amides is 2. The molecule has 0 spiro atoms. The fraction of sp³-hybridized carbons (Fsp3) is 0.643. The van der Waals surface area contributed by atoms with E-state index in [9.17, 15) is 14.7 Å². The zero-order valence-electron chi connectivity index (χ0n) is 12.4. The van der Waals surface area contributed by atoms with Crippen molar-refractivity contribution in [2.75, 3.05) is 0 Å². The van der Waals surface area contributed by atoms with Crippen LogP contribution in [0.1, 0.15) is 33.1 Å². The minimum Gasteiger partial charge on any atom is -0.481 e. The topological polar surface area (TPSA) is 96.3 Å². The normalized spacial score (nSPS) is 26.3. The number of urea groups is 1. The Morgan fingerprint density at radius 1 is 1.57 bits per heavy atom. The number of nitrogens with zero attached hydrogens (tertiary/aromatic N) is 2. The molecule has 21 heavy (non-hydrogen) atoms. The molecule has 1 heterocycles. The number of carbonyl (C=O) groups is 2. The van der Waals surface area contributed by atoms with Gasteiger partial charge in [-0.15, -0.1) is 0 Å². The number of carboxylic acids is 1. The average molecular weight is 294 g/mol. The number of aliphatic carboxylic acids is 1. The Morgan fingerprint density at radius 2 is 2.33 bits per heavy atom. The van der Waals surface area contributed by atoms with Crippen LogP contribution >= 0.6 is 0 Å². The predicted octanol–water partition coefficient (Wildman–Crippen LogP) is 1.21. The molecule has 1 aliphatic rings. The number of hydrogen-bond donors (Lipinski definition) is 3. The average Bonchev–Trinajstić information content (AvgIpc) is 3.01. The lowest BCUT2D eigenvalue weighted by Crippen LogP contribution is -2.52.